The van der Waals surface area contributed by atoms with Gasteiger partial charge < -0.3 is 25.0 Å². The van der Waals surface area contributed by atoms with Crippen molar-refractivity contribution in [2.75, 3.05) is 19.7 Å². The number of thiophene rings is 1. The van der Waals surface area contributed by atoms with E-state index in [-0.39, 0.29) is 12.4 Å². The molecule has 2 aromatic heterocycles. The van der Waals surface area contributed by atoms with Gasteiger partial charge in [0.25, 0.3) is 0 Å². The van der Waals surface area contributed by atoms with Gasteiger partial charge in [-0.2, -0.15) is 0 Å². The van der Waals surface area contributed by atoms with E-state index >= 15 is 0 Å². The van der Waals surface area contributed by atoms with Crippen molar-refractivity contribution in [3.63, 3.8) is 0 Å². The van der Waals surface area contributed by atoms with E-state index in [4.69, 9.17) is 24.5 Å². The molecule has 3 atom stereocenters. The van der Waals surface area contributed by atoms with E-state index in [2.05, 4.69) is 28.9 Å². The van der Waals surface area contributed by atoms with Crippen LogP contribution in [0.1, 0.15) is 36.3 Å². The lowest BCUT2D eigenvalue weighted by molar-refractivity contribution is -0.159. The van der Waals surface area contributed by atoms with Gasteiger partial charge in [-0.1, -0.05) is 12.1 Å². The van der Waals surface area contributed by atoms with Crippen molar-refractivity contribution < 1.29 is 34.0 Å². The molecule has 10 heteroatoms. The number of aryl methyl sites for hydroxylation is 1. The van der Waals surface area contributed by atoms with Crippen LogP contribution in [-0.2, 0) is 9.59 Å². The zero-order chi connectivity index (χ0) is 27.4. The number of fused-ring (bicyclic) bond motifs is 2. The van der Waals surface area contributed by atoms with Crippen LogP contribution in [-0.4, -0.2) is 69.0 Å². The first-order chi connectivity index (χ1) is 18.1. The number of nitrogens with one attached hydrogen (secondary N) is 1. The fourth-order valence-electron chi connectivity index (χ4n) is 4.88. The second-order valence-electron chi connectivity index (χ2n) is 9.64. The fourth-order valence-corrected chi connectivity index (χ4v) is 6.12. The molecular weight excluding hydrogens is 511 g/mol. The number of rotatable bonds is 6. The smallest absolute Gasteiger partial charge is 0.414 e. The molecule has 202 valence electrons. The third-order valence-corrected chi connectivity index (χ3v) is 8.00. The topological polar surface area (TPSA) is 123 Å². The first kappa shape index (κ1) is 27.6. The summed E-state index contributed by atoms with van der Waals surface area (Å²) in [5.41, 5.74) is 2.14. The number of benzene rings is 2. The summed E-state index contributed by atoms with van der Waals surface area (Å²) in [6.45, 7) is 6.08. The minimum atomic E-state index is -1.82. The number of aromatic nitrogens is 1. The zero-order valence-electron chi connectivity index (χ0n) is 21.2. The summed E-state index contributed by atoms with van der Waals surface area (Å²) in [6.07, 6.45) is 1.55. The Morgan fingerprint density at radius 3 is 2.66 bits per heavy atom. The van der Waals surface area contributed by atoms with Crippen molar-refractivity contribution in [2.45, 2.75) is 44.8 Å². The highest BCUT2D eigenvalue weighted by atomic mass is 32.1. The number of halogens is 1. The van der Waals surface area contributed by atoms with Gasteiger partial charge in [0.2, 0.25) is 0 Å². The summed E-state index contributed by atoms with van der Waals surface area (Å²) >= 11 is 1.71. The molecule has 0 bridgehead atoms. The van der Waals surface area contributed by atoms with Gasteiger partial charge in [-0.3, -0.25) is 4.90 Å². The maximum Gasteiger partial charge on any atom is 0.414 e. The summed E-state index contributed by atoms with van der Waals surface area (Å²) in [7, 11) is 0. The Hall–Kier alpha value is -3.47. The number of aliphatic hydroxyl groups excluding tert-OH is 1. The highest BCUT2D eigenvalue weighted by Crippen LogP contribution is 2.38. The maximum atomic E-state index is 13.5. The van der Waals surface area contributed by atoms with E-state index in [1.54, 1.807) is 17.4 Å². The molecule has 0 radical (unpaired) electrons. The number of aromatic amines is 1. The summed E-state index contributed by atoms with van der Waals surface area (Å²) in [6, 6.07) is 15.7. The number of aliphatic carboxylic acids is 2. The predicted octanol–water partition coefficient (Wildman–Crippen LogP) is 4.99. The minimum Gasteiger partial charge on any atom is -0.490 e. The number of aliphatic hydroxyl groups is 1. The normalized spacial score (nSPS) is 18.6. The molecule has 0 spiro atoms. The number of H-pyrrole nitrogens is 1. The van der Waals surface area contributed by atoms with Crippen molar-refractivity contribution in [3.8, 4) is 5.75 Å². The highest BCUT2D eigenvalue weighted by molar-refractivity contribution is 7.19. The number of ether oxygens (including phenoxy) is 1. The monoisotopic (exact) mass is 542 g/mol. The molecule has 4 aromatic rings. The molecule has 1 fully saturated rings. The van der Waals surface area contributed by atoms with Gasteiger partial charge >= 0.3 is 11.9 Å². The Bertz CT molecular complexity index is 1420. The van der Waals surface area contributed by atoms with Gasteiger partial charge in [-0.25, -0.2) is 14.0 Å². The quantitative estimate of drug-likeness (QED) is 0.253. The van der Waals surface area contributed by atoms with E-state index in [0.717, 1.165) is 51.8 Å². The summed E-state index contributed by atoms with van der Waals surface area (Å²) in [5.74, 6) is -2.53. The second-order valence-corrected chi connectivity index (χ2v) is 10.8. The number of nitrogens with zero attached hydrogens (tertiary/aromatic N) is 1. The van der Waals surface area contributed by atoms with E-state index in [9.17, 15) is 9.50 Å². The van der Waals surface area contributed by atoms with E-state index in [0.29, 0.717) is 18.5 Å². The van der Waals surface area contributed by atoms with Crippen molar-refractivity contribution in [2.24, 2.45) is 0 Å². The van der Waals surface area contributed by atoms with Crippen LogP contribution in [0.5, 0.6) is 5.75 Å². The first-order valence-electron chi connectivity index (χ1n) is 12.4. The Morgan fingerprint density at radius 1 is 1.18 bits per heavy atom. The molecule has 3 heterocycles. The van der Waals surface area contributed by atoms with Crippen molar-refractivity contribution in [1.82, 2.24) is 9.88 Å². The molecule has 1 aliphatic rings. The molecule has 38 heavy (non-hydrogen) atoms. The van der Waals surface area contributed by atoms with E-state index in [1.165, 1.54) is 10.9 Å². The van der Waals surface area contributed by atoms with Crippen LogP contribution in [0.2, 0.25) is 0 Å². The molecule has 1 aliphatic heterocycles. The Balaban J connectivity index is 0.000000505. The average molecular weight is 543 g/mol. The lowest BCUT2D eigenvalue weighted by atomic mass is 9.90. The van der Waals surface area contributed by atoms with Crippen LogP contribution < -0.4 is 4.74 Å². The predicted molar refractivity (Wildman–Crippen MR) is 145 cm³/mol. The number of carboxylic acid groups (broad SMARTS) is 2. The number of likely N-dealkylation sites (tertiary alicyclic amines) is 1. The van der Waals surface area contributed by atoms with Gasteiger partial charge in [-0.15, -0.1) is 11.3 Å². The molecule has 2 aromatic carbocycles. The van der Waals surface area contributed by atoms with E-state index in [1.807, 2.05) is 31.2 Å². The number of hydrogen-bond acceptors (Lipinski definition) is 6. The highest BCUT2D eigenvalue weighted by Gasteiger charge is 2.29. The number of hydrogen-bond donors (Lipinski definition) is 4. The summed E-state index contributed by atoms with van der Waals surface area (Å²) in [4.78, 5) is 25.2. The van der Waals surface area contributed by atoms with Crippen molar-refractivity contribution in [1.29, 1.82) is 0 Å². The third-order valence-electron chi connectivity index (χ3n) is 6.74. The van der Waals surface area contributed by atoms with Crippen LogP contribution in [0.3, 0.4) is 0 Å². The Morgan fingerprint density at radius 2 is 1.95 bits per heavy atom. The van der Waals surface area contributed by atoms with Crippen LogP contribution >= 0.6 is 11.3 Å². The van der Waals surface area contributed by atoms with Crippen molar-refractivity contribution >= 4 is 44.3 Å². The Labute approximate surface area is 223 Å². The van der Waals surface area contributed by atoms with Crippen molar-refractivity contribution in [3.05, 3.63) is 64.9 Å². The van der Waals surface area contributed by atoms with Gasteiger partial charge in [-0.05, 0) is 80.9 Å². The SMILES string of the molecule is Cc1cc2c(OC[C@@H](O)CN3CC[C@@H](c4cc5ccc(F)cc5s4)C[C@H]3C)cccc2[nH]1.O=C(O)C(=O)O. The third kappa shape index (κ3) is 6.69. The van der Waals surface area contributed by atoms with Crippen LogP contribution in [0, 0.1) is 12.7 Å². The lowest BCUT2D eigenvalue weighted by Crippen LogP contribution is -2.45. The molecule has 0 unspecified atom stereocenters. The fraction of sp³-hybridized carbons (Fsp3) is 0.357. The standard InChI is InChI=1S/C26H29FN2O2S.C2H2O4/c1-16-10-22-23(28-16)4-3-5-24(22)31-15-21(30)14-29-9-8-19(11-17(29)2)25-12-18-6-7-20(27)13-26(18)32-25;3-1(4)2(5)6/h3-7,10,12-13,17,19,21,28,30H,8-9,11,14-15H2,1-2H3;(H,3,4)(H,5,6)/t17-,19-,21+;/m1./s1. The molecule has 0 aliphatic carbocycles. The number of β-amino-alcohol motifs (C(OH)–C–C–N with tert-alkyl or cyclic N) is 1. The van der Waals surface area contributed by atoms with Gasteiger partial charge in [0.15, 0.2) is 0 Å². The zero-order valence-corrected chi connectivity index (χ0v) is 22.0. The lowest BCUT2D eigenvalue weighted by Gasteiger charge is -2.38. The molecule has 1 saturated heterocycles. The maximum absolute atomic E-state index is 13.5. The second kappa shape index (κ2) is 11.9. The van der Waals surface area contributed by atoms with E-state index < -0.39 is 18.0 Å². The summed E-state index contributed by atoms with van der Waals surface area (Å²) in [5, 5.41) is 27.6. The summed E-state index contributed by atoms with van der Waals surface area (Å²) < 4.78 is 20.5. The number of piperidine rings is 1. The molecule has 4 N–H and O–H groups in total. The van der Waals surface area contributed by atoms with Gasteiger partial charge in [0, 0.05) is 38.8 Å². The molecule has 0 saturated carbocycles. The van der Waals surface area contributed by atoms with Crippen LogP contribution in [0.4, 0.5) is 4.39 Å². The molecular formula is C28H31FN2O6S. The van der Waals surface area contributed by atoms with Gasteiger partial charge in [0.1, 0.15) is 24.3 Å². The Kier molecular flexibility index (Phi) is 8.65. The number of carboxylic acids is 2. The van der Waals surface area contributed by atoms with Crippen LogP contribution in [0.25, 0.3) is 21.0 Å². The minimum absolute atomic E-state index is 0.173. The first-order valence-corrected chi connectivity index (χ1v) is 13.2. The van der Waals surface area contributed by atoms with Crippen LogP contribution in [0.15, 0.2) is 48.5 Å². The molecule has 5 rings (SSSR count). The average Bonchev–Trinajstić information content (AvgIpc) is 3.46. The molecule has 0 amide bonds. The molecule has 8 nitrogen and oxygen atoms in total. The number of carbonyl (C=O) groups is 2. The van der Waals surface area contributed by atoms with Gasteiger partial charge in [0.05, 0.1) is 0 Å². The largest absolute Gasteiger partial charge is 0.490 e.